The summed E-state index contributed by atoms with van der Waals surface area (Å²) in [6.45, 7) is 0. The van der Waals surface area contributed by atoms with Crippen LogP contribution in [0.15, 0.2) is 108 Å². The van der Waals surface area contributed by atoms with Gasteiger partial charge in [-0.1, -0.05) is 60.7 Å². The van der Waals surface area contributed by atoms with E-state index in [1.807, 2.05) is 42.5 Å². The van der Waals surface area contributed by atoms with Crippen molar-refractivity contribution in [2.75, 3.05) is 0 Å². The molecule has 7 aromatic rings. The summed E-state index contributed by atoms with van der Waals surface area (Å²) in [5, 5.41) is 14.0. The monoisotopic (exact) mass is 435 g/mol. The molecule has 0 aliphatic heterocycles. The fourth-order valence-electron chi connectivity index (χ4n) is 4.98. The fraction of sp³-hybridized carbons (Fsp3) is 0. The molecule has 0 N–H and O–H groups in total. The predicted molar refractivity (Wildman–Crippen MR) is 136 cm³/mol. The highest BCUT2D eigenvalue weighted by Gasteiger charge is 2.18. The first-order chi connectivity index (χ1) is 16.8. The van der Waals surface area contributed by atoms with Crippen molar-refractivity contribution in [2.24, 2.45) is 0 Å². The molecule has 0 aliphatic carbocycles. The lowest BCUT2D eigenvalue weighted by atomic mass is 10.1. The first-order valence-electron chi connectivity index (χ1n) is 11.1. The number of hydrogen-bond acceptors (Lipinski definition) is 3. The Kier molecular flexibility index (Phi) is 3.88. The minimum atomic E-state index is 0.401. The average Bonchev–Trinajstić information content (AvgIpc) is 3.42. The number of nitrogens with zero attached hydrogens (tertiary/aromatic N) is 3. The Balaban J connectivity index is 1.61. The summed E-state index contributed by atoms with van der Waals surface area (Å²) in [7, 11) is 0. The SMILES string of the molecule is N#Cc1cccc(-c2ccccc2-n2c3ccccc3c3cc4c(cc32)oc2ccccc24)n1. The van der Waals surface area contributed by atoms with Gasteiger partial charge in [0.2, 0.25) is 0 Å². The third-order valence-corrected chi connectivity index (χ3v) is 6.46. The number of pyridine rings is 1. The van der Waals surface area contributed by atoms with Crippen molar-refractivity contribution in [1.82, 2.24) is 9.55 Å². The van der Waals surface area contributed by atoms with Crippen LogP contribution in [0.1, 0.15) is 5.69 Å². The molecule has 0 aliphatic rings. The Morgan fingerprint density at radius 3 is 2.35 bits per heavy atom. The van der Waals surface area contributed by atoms with Gasteiger partial charge in [-0.25, -0.2) is 4.98 Å². The second kappa shape index (κ2) is 7.06. The van der Waals surface area contributed by atoms with Gasteiger partial charge in [0.15, 0.2) is 0 Å². The van der Waals surface area contributed by atoms with Crippen LogP contribution in [0.25, 0.3) is 60.7 Å². The fourth-order valence-corrected chi connectivity index (χ4v) is 4.98. The van der Waals surface area contributed by atoms with E-state index in [9.17, 15) is 5.26 Å². The van der Waals surface area contributed by atoms with Gasteiger partial charge in [0.1, 0.15) is 22.9 Å². The van der Waals surface area contributed by atoms with Crippen LogP contribution in [0, 0.1) is 11.3 Å². The number of rotatable bonds is 2. The van der Waals surface area contributed by atoms with E-state index in [1.54, 1.807) is 6.07 Å². The number of fused-ring (bicyclic) bond motifs is 6. The van der Waals surface area contributed by atoms with Crippen LogP contribution in [0.5, 0.6) is 0 Å². The minimum Gasteiger partial charge on any atom is -0.456 e. The molecule has 0 radical (unpaired) electrons. The number of furan rings is 1. The van der Waals surface area contributed by atoms with Crippen molar-refractivity contribution in [1.29, 1.82) is 5.26 Å². The van der Waals surface area contributed by atoms with E-state index in [0.717, 1.165) is 49.9 Å². The maximum atomic E-state index is 9.38. The van der Waals surface area contributed by atoms with Crippen LogP contribution in [0.4, 0.5) is 0 Å². The molecule has 0 bridgehead atoms. The van der Waals surface area contributed by atoms with Crippen LogP contribution in [0.3, 0.4) is 0 Å². The molecular formula is C30H17N3O. The van der Waals surface area contributed by atoms with Crippen LogP contribution in [-0.4, -0.2) is 9.55 Å². The zero-order valence-corrected chi connectivity index (χ0v) is 18.1. The van der Waals surface area contributed by atoms with Crippen molar-refractivity contribution in [3.8, 4) is 23.0 Å². The molecule has 0 amide bonds. The van der Waals surface area contributed by atoms with E-state index in [4.69, 9.17) is 4.42 Å². The lowest BCUT2D eigenvalue weighted by Crippen LogP contribution is -1.98. The number of nitriles is 1. The molecule has 0 saturated heterocycles. The van der Waals surface area contributed by atoms with Gasteiger partial charge in [0, 0.05) is 33.2 Å². The molecule has 3 aromatic heterocycles. The molecule has 34 heavy (non-hydrogen) atoms. The number of para-hydroxylation sites is 3. The van der Waals surface area contributed by atoms with E-state index < -0.39 is 0 Å². The highest BCUT2D eigenvalue weighted by molar-refractivity contribution is 6.17. The molecule has 0 unspecified atom stereocenters. The number of hydrogen-bond donors (Lipinski definition) is 0. The Labute approximate surface area is 194 Å². The van der Waals surface area contributed by atoms with Crippen LogP contribution >= 0.6 is 0 Å². The van der Waals surface area contributed by atoms with Gasteiger partial charge in [-0.15, -0.1) is 0 Å². The van der Waals surface area contributed by atoms with Gasteiger partial charge < -0.3 is 8.98 Å². The summed E-state index contributed by atoms with van der Waals surface area (Å²) in [6.07, 6.45) is 0. The van der Waals surface area contributed by atoms with Gasteiger partial charge in [0.25, 0.3) is 0 Å². The van der Waals surface area contributed by atoms with E-state index >= 15 is 0 Å². The van der Waals surface area contributed by atoms with Gasteiger partial charge in [-0.3, -0.25) is 0 Å². The lowest BCUT2D eigenvalue weighted by molar-refractivity contribution is 0.669. The number of benzene rings is 4. The summed E-state index contributed by atoms with van der Waals surface area (Å²) in [5.74, 6) is 0. The maximum absolute atomic E-state index is 9.38. The Bertz CT molecular complexity index is 1930. The molecule has 0 spiro atoms. The second-order valence-corrected chi connectivity index (χ2v) is 8.35. The Hall–Kier alpha value is -4.88. The van der Waals surface area contributed by atoms with Crippen molar-refractivity contribution in [2.45, 2.75) is 0 Å². The predicted octanol–water partition coefficient (Wildman–Crippen LogP) is 7.62. The summed E-state index contributed by atoms with van der Waals surface area (Å²) >= 11 is 0. The summed E-state index contributed by atoms with van der Waals surface area (Å²) in [5.41, 5.74) is 7.07. The van der Waals surface area contributed by atoms with Crippen LogP contribution < -0.4 is 0 Å². The minimum absolute atomic E-state index is 0.401. The normalized spacial score (nSPS) is 11.5. The standard InChI is InChI=1S/C30H17N3O/c31-18-19-8-7-12-25(32-19)22-11-2-5-14-27(22)33-26-13-4-1-9-20(26)23-16-24-21-10-3-6-15-29(21)34-30(24)17-28(23)33/h1-17H. The zero-order valence-electron chi connectivity index (χ0n) is 18.1. The molecule has 0 fully saturated rings. The quantitative estimate of drug-likeness (QED) is 0.281. The van der Waals surface area contributed by atoms with E-state index in [0.29, 0.717) is 5.69 Å². The molecule has 4 nitrogen and oxygen atoms in total. The van der Waals surface area contributed by atoms with Gasteiger partial charge in [-0.2, -0.15) is 5.26 Å². The zero-order chi connectivity index (χ0) is 22.6. The van der Waals surface area contributed by atoms with Crippen LogP contribution in [0.2, 0.25) is 0 Å². The topological polar surface area (TPSA) is 54.8 Å². The maximum Gasteiger partial charge on any atom is 0.141 e. The Morgan fingerprint density at radius 1 is 0.647 bits per heavy atom. The summed E-state index contributed by atoms with van der Waals surface area (Å²) in [4.78, 5) is 4.58. The molecule has 3 heterocycles. The molecule has 0 atom stereocenters. The van der Waals surface area contributed by atoms with Gasteiger partial charge >= 0.3 is 0 Å². The van der Waals surface area contributed by atoms with Crippen molar-refractivity contribution in [3.63, 3.8) is 0 Å². The summed E-state index contributed by atoms with van der Waals surface area (Å²) < 4.78 is 8.50. The van der Waals surface area contributed by atoms with E-state index in [-0.39, 0.29) is 0 Å². The van der Waals surface area contributed by atoms with Crippen molar-refractivity contribution in [3.05, 3.63) is 109 Å². The van der Waals surface area contributed by atoms with Gasteiger partial charge in [0.05, 0.1) is 22.4 Å². The number of aromatic nitrogens is 2. The Morgan fingerprint density at radius 2 is 1.44 bits per heavy atom. The smallest absolute Gasteiger partial charge is 0.141 e. The molecule has 0 saturated carbocycles. The average molecular weight is 435 g/mol. The highest BCUT2D eigenvalue weighted by Crippen LogP contribution is 2.39. The highest BCUT2D eigenvalue weighted by atomic mass is 16.3. The van der Waals surface area contributed by atoms with Crippen molar-refractivity contribution >= 4 is 43.7 Å². The third-order valence-electron chi connectivity index (χ3n) is 6.46. The second-order valence-electron chi connectivity index (χ2n) is 8.35. The van der Waals surface area contributed by atoms with Crippen molar-refractivity contribution < 1.29 is 4.42 Å². The largest absolute Gasteiger partial charge is 0.456 e. The molecule has 4 heteroatoms. The lowest BCUT2D eigenvalue weighted by Gasteiger charge is -2.13. The van der Waals surface area contributed by atoms with E-state index in [1.165, 1.54) is 10.8 Å². The molecule has 4 aromatic carbocycles. The van der Waals surface area contributed by atoms with E-state index in [2.05, 4.69) is 70.2 Å². The third kappa shape index (κ3) is 2.61. The molecule has 7 rings (SSSR count). The van der Waals surface area contributed by atoms with Crippen LogP contribution in [-0.2, 0) is 0 Å². The first-order valence-corrected chi connectivity index (χ1v) is 11.1. The summed E-state index contributed by atoms with van der Waals surface area (Å²) in [6, 6.07) is 36.9. The first kappa shape index (κ1) is 18.7. The van der Waals surface area contributed by atoms with Gasteiger partial charge in [-0.05, 0) is 36.4 Å². The molecule has 158 valence electrons. The molecular weight excluding hydrogens is 418 g/mol.